The van der Waals surface area contributed by atoms with Gasteiger partial charge in [0.25, 0.3) is 5.91 Å². The third-order valence-corrected chi connectivity index (χ3v) is 5.28. The molecule has 3 rings (SSSR count). The molecule has 27 heavy (non-hydrogen) atoms. The summed E-state index contributed by atoms with van der Waals surface area (Å²) in [6.45, 7) is 1.91. The van der Waals surface area contributed by atoms with Crippen LogP contribution in [0, 0.1) is 6.92 Å². The van der Waals surface area contributed by atoms with Crippen molar-refractivity contribution in [2.45, 2.75) is 44.7 Å². The second-order valence-electron chi connectivity index (χ2n) is 7.23. The number of halogens is 1. The Morgan fingerprint density at radius 2 is 1.81 bits per heavy atom. The van der Waals surface area contributed by atoms with Crippen molar-refractivity contribution in [3.05, 3.63) is 46.2 Å². The fourth-order valence-electron chi connectivity index (χ4n) is 3.34. The van der Waals surface area contributed by atoms with Crippen LogP contribution < -0.4 is 15.5 Å². The number of nitrogens with one attached hydrogen (secondary N) is 2. The van der Waals surface area contributed by atoms with Gasteiger partial charge in [0.05, 0.1) is 0 Å². The third kappa shape index (κ3) is 5.42. The number of amides is 1. The van der Waals surface area contributed by atoms with Gasteiger partial charge in [0.15, 0.2) is 0 Å². The number of carbonyl (C=O) groups is 1. The van der Waals surface area contributed by atoms with Crippen molar-refractivity contribution in [3.8, 4) is 0 Å². The highest BCUT2D eigenvalue weighted by Gasteiger charge is 2.23. The molecule has 1 aliphatic carbocycles. The molecule has 1 aliphatic rings. The average Bonchev–Trinajstić information content (AvgIpc) is 2.63. The smallest absolute Gasteiger partial charge is 0.251 e. The van der Waals surface area contributed by atoms with Gasteiger partial charge in [0.2, 0.25) is 0 Å². The first-order chi connectivity index (χ1) is 12.9. The van der Waals surface area contributed by atoms with Gasteiger partial charge in [0, 0.05) is 42.3 Å². The van der Waals surface area contributed by atoms with Crippen LogP contribution in [0.1, 0.15) is 41.9 Å². The van der Waals surface area contributed by atoms with Crippen LogP contribution in [0.5, 0.6) is 0 Å². The third-order valence-electron chi connectivity index (χ3n) is 4.78. The second kappa shape index (κ2) is 8.69. The van der Waals surface area contributed by atoms with Gasteiger partial charge in [-0.2, -0.15) is 0 Å². The molecule has 2 N–H and O–H groups in total. The summed E-state index contributed by atoms with van der Waals surface area (Å²) in [6, 6.07) is 10.1. The molecule has 144 valence electrons. The minimum absolute atomic E-state index is 0.00485. The molecule has 6 nitrogen and oxygen atoms in total. The van der Waals surface area contributed by atoms with Crippen LogP contribution in [-0.2, 0) is 0 Å². The van der Waals surface area contributed by atoms with Crippen LogP contribution in [0.15, 0.2) is 34.8 Å². The molecule has 1 heterocycles. The molecule has 0 saturated heterocycles. The summed E-state index contributed by atoms with van der Waals surface area (Å²) in [4.78, 5) is 23.3. The summed E-state index contributed by atoms with van der Waals surface area (Å²) in [6.07, 6.45) is 3.93. The van der Waals surface area contributed by atoms with Crippen molar-refractivity contribution in [3.63, 3.8) is 0 Å². The Balaban J connectivity index is 1.53. The van der Waals surface area contributed by atoms with Gasteiger partial charge >= 0.3 is 0 Å². The van der Waals surface area contributed by atoms with Crippen LogP contribution in [0.25, 0.3) is 0 Å². The average molecular weight is 432 g/mol. The van der Waals surface area contributed by atoms with Gasteiger partial charge in [-0.1, -0.05) is 22.0 Å². The van der Waals surface area contributed by atoms with Gasteiger partial charge < -0.3 is 15.5 Å². The largest absolute Gasteiger partial charge is 0.367 e. The Morgan fingerprint density at radius 1 is 1.11 bits per heavy atom. The molecule has 0 spiro atoms. The number of carbonyl (C=O) groups excluding carboxylic acids is 1. The first-order valence-electron chi connectivity index (χ1n) is 9.26. The number of aromatic nitrogens is 2. The lowest BCUT2D eigenvalue weighted by Crippen LogP contribution is -2.40. The lowest BCUT2D eigenvalue weighted by molar-refractivity contribution is 0.0926. The number of rotatable bonds is 5. The minimum Gasteiger partial charge on any atom is -0.367 e. The molecule has 1 aromatic carbocycles. The Bertz CT molecular complexity index is 803. The molecule has 0 unspecified atom stereocenters. The number of anilines is 2. The van der Waals surface area contributed by atoms with Gasteiger partial charge in [-0.25, -0.2) is 9.97 Å². The molecule has 0 radical (unpaired) electrons. The summed E-state index contributed by atoms with van der Waals surface area (Å²) in [5, 5.41) is 6.69. The summed E-state index contributed by atoms with van der Waals surface area (Å²) in [7, 11) is 3.95. The lowest BCUT2D eigenvalue weighted by Gasteiger charge is -2.30. The summed E-state index contributed by atoms with van der Waals surface area (Å²) in [5.74, 6) is 2.53. The Kier molecular flexibility index (Phi) is 6.31. The Labute approximate surface area is 168 Å². The highest BCUT2D eigenvalue weighted by atomic mass is 79.9. The molecule has 1 aromatic heterocycles. The lowest BCUT2D eigenvalue weighted by atomic mass is 9.91. The molecule has 0 atom stereocenters. The quantitative estimate of drug-likeness (QED) is 0.753. The van der Waals surface area contributed by atoms with Crippen molar-refractivity contribution in [1.82, 2.24) is 15.3 Å². The summed E-state index contributed by atoms with van der Waals surface area (Å²) >= 11 is 3.41. The van der Waals surface area contributed by atoms with Crippen molar-refractivity contribution >= 4 is 33.5 Å². The predicted octanol–water partition coefficient (Wildman–Crippen LogP) is 3.77. The minimum atomic E-state index is -0.00485. The van der Waals surface area contributed by atoms with Gasteiger partial charge in [-0.05, 0) is 50.8 Å². The van der Waals surface area contributed by atoms with E-state index in [1.54, 1.807) is 0 Å². The second-order valence-corrected chi connectivity index (χ2v) is 8.15. The Hall–Kier alpha value is -2.15. The molecular weight excluding hydrogens is 406 g/mol. The first-order valence-corrected chi connectivity index (χ1v) is 10.1. The van der Waals surface area contributed by atoms with E-state index >= 15 is 0 Å². The summed E-state index contributed by atoms with van der Waals surface area (Å²) in [5.41, 5.74) is 0.692. The highest BCUT2D eigenvalue weighted by molar-refractivity contribution is 9.10. The van der Waals surface area contributed by atoms with E-state index in [0.29, 0.717) is 11.6 Å². The fraction of sp³-hybridized carbons (Fsp3) is 0.450. The monoisotopic (exact) mass is 431 g/mol. The van der Waals surface area contributed by atoms with Crippen molar-refractivity contribution in [2.75, 3.05) is 24.3 Å². The maximum absolute atomic E-state index is 12.4. The summed E-state index contributed by atoms with van der Waals surface area (Å²) < 4.78 is 0.917. The van der Waals surface area contributed by atoms with E-state index < -0.39 is 0 Å². The Morgan fingerprint density at radius 3 is 2.48 bits per heavy atom. The maximum Gasteiger partial charge on any atom is 0.251 e. The van der Waals surface area contributed by atoms with Gasteiger partial charge in [-0.15, -0.1) is 0 Å². The molecular formula is C20H26BrN5O. The zero-order valence-electron chi connectivity index (χ0n) is 16.0. The standard InChI is InChI=1S/C20H26BrN5O/c1-13-22-18(12-19(23-13)26(2)3)24-16-7-9-17(10-8-16)25-20(27)14-5-4-6-15(21)11-14/h4-6,11-12,16-17H,7-10H2,1-3H3,(H,25,27)(H,22,23,24)/t16-,17+. The predicted molar refractivity (Wildman–Crippen MR) is 112 cm³/mol. The van der Waals surface area contributed by atoms with Crippen LogP contribution in [0.4, 0.5) is 11.6 Å². The van der Waals surface area contributed by atoms with E-state index in [9.17, 15) is 4.79 Å². The van der Waals surface area contributed by atoms with Gasteiger partial charge in [0.1, 0.15) is 17.5 Å². The fourth-order valence-corrected chi connectivity index (χ4v) is 3.74. The van der Waals surface area contributed by atoms with E-state index in [2.05, 4.69) is 36.5 Å². The van der Waals surface area contributed by atoms with Crippen LogP contribution in [0.3, 0.4) is 0 Å². The van der Waals surface area contributed by atoms with Crippen molar-refractivity contribution in [2.24, 2.45) is 0 Å². The molecule has 1 fully saturated rings. The number of hydrogen-bond acceptors (Lipinski definition) is 5. The maximum atomic E-state index is 12.4. The number of hydrogen-bond donors (Lipinski definition) is 2. The van der Waals surface area contributed by atoms with Crippen molar-refractivity contribution in [1.29, 1.82) is 0 Å². The zero-order valence-corrected chi connectivity index (χ0v) is 17.6. The molecule has 1 saturated carbocycles. The van der Waals surface area contributed by atoms with E-state index in [1.165, 1.54) is 0 Å². The van der Waals surface area contributed by atoms with E-state index in [-0.39, 0.29) is 11.9 Å². The highest BCUT2D eigenvalue weighted by Crippen LogP contribution is 2.23. The van der Waals surface area contributed by atoms with E-state index in [4.69, 9.17) is 0 Å². The molecule has 7 heteroatoms. The van der Waals surface area contributed by atoms with Gasteiger partial charge in [-0.3, -0.25) is 4.79 Å². The molecule has 1 amide bonds. The molecule has 0 bridgehead atoms. The first kappa shape index (κ1) is 19.6. The zero-order chi connectivity index (χ0) is 19.4. The number of aryl methyl sites for hydroxylation is 1. The topological polar surface area (TPSA) is 70.2 Å². The van der Waals surface area contributed by atoms with Crippen LogP contribution >= 0.6 is 15.9 Å². The number of nitrogens with zero attached hydrogens (tertiary/aromatic N) is 3. The normalized spacial score (nSPS) is 19.4. The van der Waals surface area contributed by atoms with E-state index in [0.717, 1.165) is 47.6 Å². The van der Waals surface area contributed by atoms with Crippen LogP contribution in [-0.4, -0.2) is 42.1 Å². The molecule has 0 aliphatic heterocycles. The molecule has 2 aromatic rings. The van der Waals surface area contributed by atoms with Crippen LogP contribution in [0.2, 0.25) is 0 Å². The SMILES string of the molecule is Cc1nc(N[C@H]2CC[C@@H](NC(=O)c3cccc(Br)c3)CC2)cc(N(C)C)n1. The van der Waals surface area contributed by atoms with E-state index in [1.807, 2.05) is 56.3 Å². The number of benzene rings is 1. The van der Waals surface area contributed by atoms with Crippen molar-refractivity contribution < 1.29 is 4.79 Å².